The molecule has 1 aromatic rings. The van der Waals surface area contributed by atoms with Gasteiger partial charge in [-0.05, 0) is 6.92 Å². The van der Waals surface area contributed by atoms with E-state index in [1.54, 1.807) is 0 Å². The van der Waals surface area contributed by atoms with E-state index in [-0.39, 0.29) is 9.67 Å². The summed E-state index contributed by atoms with van der Waals surface area (Å²) in [6, 6.07) is 0.960. The van der Waals surface area contributed by atoms with Gasteiger partial charge in [-0.3, -0.25) is 4.79 Å². The van der Waals surface area contributed by atoms with Crippen molar-refractivity contribution in [3.8, 4) is 0 Å². The summed E-state index contributed by atoms with van der Waals surface area (Å²) in [7, 11) is 0.488. The average molecular weight is 225 g/mol. The Morgan fingerprint density at radius 3 is 2.38 bits per heavy atom. The van der Waals surface area contributed by atoms with Crippen LogP contribution in [0.2, 0.25) is 0 Å². The van der Waals surface area contributed by atoms with Crippen LogP contribution in [0.1, 0.15) is 5.69 Å². The minimum absolute atomic E-state index is 0.0540. The Morgan fingerprint density at radius 1 is 1.46 bits per heavy atom. The van der Waals surface area contributed by atoms with Crippen LogP contribution in [-0.2, 0) is 9.24 Å². The Bertz CT molecular complexity index is 509. The zero-order chi connectivity index (χ0) is 10.2. The first kappa shape index (κ1) is 10.0. The van der Waals surface area contributed by atoms with Crippen LogP contribution in [0.15, 0.2) is 15.7 Å². The molecule has 1 rings (SSSR count). The molecule has 0 radical (unpaired) electrons. The molecule has 1 aromatic heterocycles. The van der Waals surface area contributed by atoms with Crippen LogP contribution < -0.4 is 11.2 Å². The summed E-state index contributed by atoms with van der Waals surface area (Å²) in [5.74, 6) is 0. The smallest absolute Gasteiger partial charge is 0.310 e. The third kappa shape index (κ3) is 1.99. The summed E-state index contributed by atoms with van der Waals surface area (Å²) < 4.78 is 21.3. The molecule has 72 valence electrons. The van der Waals surface area contributed by atoms with Crippen LogP contribution in [0, 0.1) is 6.92 Å². The zero-order valence-electron chi connectivity index (χ0n) is 6.44. The molecular formula is C5H5ClN2O4S. The maximum Gasteiger partial charge on any atom is 0.343 e. The highest BCUT2D eigenvalue weighted by molar-refractivity contribution is 8.12. The molecule has 0 amide bonds. The highest BCUT2D eigenvalue weighted by Crippen LogP contribution is 1.93. The van der Waals surface area contributed by atoms with Crippen LogP contribution in [0.3, 0.4) is 0 Å². The highest BCUT2D eigenvalue weighted by Gasteiger charge is 2.14. The molecule has 0 saturated heterocycles. The molecule has 0 unspecified atom stereocenters. The van der Waals surface area contributed by atoms with Gasteiger partial charge in [-0.15, -0.1) is 3.97 Å². The molecule has 0 spiro atoms. The first-order valence-corrected chi connectivity index (χ1v) is 5.37. The van der Waals surface area contributed by atoms with E-state index in [4.69, 9.17) is 10.7 Å². The van der Waals surface area contributed by atoms with Gasteiger partial charge in [0.2, 0.25) is 0 Å². The van der Waals surface area contributed by atoms with Crippen molar-refractivity contribution in [2.24, 2.45) is 0 Å². The van der Waals surface area contributed by atoms with E-state index in [1.165, 1.54) is 6.92 Å². The van der Waals surface area contributed by atoms with E-state index < -0.39 is 20.5 Å². The molecule has 0 saturated carbocycles. The molecule has 0 aromatic carbocycles. The van der Waals surface area contributed by atoms with Gasteiger partial charge >= 0.3 is 14.9 Å². The molecular weight excluding hydrogens is 220 g/mol. The number of nitrogens with one attached hydrogen (secondary N) is 1. The maximum atomic E-state index is 11.0. The number of aromatic nitrogens is 2. The number of halogens is 1. The molecule has 0 bridgehead atoms. The molecule has 0 aliphatic heterocycles. The molecule has 13 heavy (non-hydrogen) atoms. The molecule has 1 heterocycles. The predicted octanol–water partition coefficient (Wildman–Crippen LogP) is -0.823. The van der Waals surface area contributed by atoms with Crippen molar-refractivity contribution < 1.29 is 8.42 Å². The fourth-order valence-corrected chi connectivity index (χ4v) is 1.71. The summed E-state index contributed by atoms with van der Waals surface area (Å²) in [6.07, 6.45) is 0. The molecule has 0 aliphatic carbocycles. The van der Waals surface area contributed by atoms with Gasteiger partial charge in [0.25, 0.3) is 5.56 Å². The third-order valence-electron chi connectivity index (χ3n) is 1.25. The molecule has 0 atom stereocenters. The van der Waals surface area contributed by atoms with Crippen molar-refractivity contribution in [2.45, 2.75) is 6.92 Å². The normalized spacial score (nSPS) is 11.5. The lowest BCUT2D eigenvalue weighted by molar-refractivity contribution is 0.596. The monoisotopic (exact) mass is 224 g/mol. The van der Waals surface area contributed by atoms with Crippen molar-refractivity contribution in [1.82, 2.24) is 8.96 Å². The lowest BCUT2D eigenvalue weighted by atomic mass is 10.5. The Labute approximate surface area is 77.3 Å². The number of aromatic amines is 1. The summed E-state index contributed by atoms with van der Waals surface area (Å²) in [6.45, 7) is 1.45. The number of aryl methyl sites for hydroxylation is 1. The molecule has 8 heteroatoms. The summed E-state index contributed by atoms with van der Waals surface area (Å²) in [4.78, 5) is 24.1. The van der Waals surface area contributed by atoms with Crippen LogP contribution in [-0.4, -0.2) is 17.4 Å². The van der Waals surface area contributed by atoms with E-state index in [2.05, 4.69) is 4.98 Å². The lowest BCUT2D eigenvalue weighted by Crippen LogP contribution is -2.37. The van der Waals surface area contributed by atoms with E-state index in [0.717, 1.165) is 6.07 Å². The van der Waals surface area contributed by atoms with Gasteiger partial charge in [0.05, 0.1) is 0 Å². The van der Waals surface area contributed by atoms with Gasteiger partial charge < -0.3 is 4.98 Å². The third-order valence-corrected chi connectivity index (χ3v) is 2.44. The number of nitrogens with zero attached hydrogens (tertiary/aromatic N) is 1. The zero-order valence-corrected chi connectivity index (χ0v) is 8.02. The molecule has 0 aliphatic rings. The van der Waals surface area contributed by atoms with E-state index in [0.29, 0.717) is 0 Å². The first-order valence-electron chi connectivity index (χ1n) is 3.10. The van der Waals surface area contributed by atoms with Crippen LogP contribution in [0.25, 0.3) is 0 Å². The largest absolute Gasteiger partial charge is 0.343 e. The summed E-state index contributed by atoms with van der Waals surface area (Å²) in [5.41, 5.74) is -1.78. The van der Waals surface area contributed by atoms with Crippen LogP contribution in [0.4, 0.5) is 0 Å². The van der Waals surface area contributed by atoms with Gasteiger partial charge in [-0.1, -0.05) is 0 Å². The molecule has 1 N–H and O–H groups in total. The number of H-pyrrole nitrogens is 1. The Balaban J connectivity index is 3.78. The van der Waals surface area contributed by atoms with Gasteiger partial charge in [-0.2, -0.15) is 8.42 Å². The predicted molar refractivity (Wildman–Crippen MR) is 46.2 cm³/mol. The summed E-state index contributed by atoms with van der Waals surface area (Å²) >= 11 is 0. The fraction of sp³-hybridized carbons (Fsp3) is 0.200. The quantitative estimate of drug-likeness (QED) is 0.631. The highest BCUT2D eigenvalue weighted by atomic mass is 35.7. The van der Waals surface area contributed by atoms with Gasteiger partial charge in [0.1, 0.15) is 0 Å². The fourth-order valence-electron chi connectivity index (χ4n) is 0.806. The number of hydrogen-bond donors (Lipinski definition) is 1. The second kappa shape index (κ2) is 3.00. The standard InChI is InChI=1S/C5H5ClN2O4S/c1-3-2-4(9)8(5(10)7-3)13(6,11)12/h2H,1H3,(H,7,10). The number of hydrogen-bond acceptors (Lipinski definition) is 4. The average Bonchev–Trinajstić information content (AvgIpc) is 1.78. The van der Waals surface area contributed by atoms with Crippen molar-refractivity contribution >= 4 is 19.9 Å². The van der Waals surface area contributed by atoms with Crippen LogP contribution in [0.5, 0.6) is 0 Å². The van der Waals surface area contributed by atoms with E-state index in [9.17, 15) is 18.0 Å². The van der Waals surface area contributed by atoms with Crippen LogP contribution >= 0.6 is 10.7 Å². The van der Waals surface area contributed by atoms with E-state index in [1.807, 2.05) is 0 Å². The van der Waals surface area contributed by atoms with Crippen molar-refractivity contribution in [1.29, 1.82) is 0 Å². The molecule has 6 nitrogen and oxygen atoms in total. The van der Waals surface area contributed by atoms with Crippen molar-refractivity contribution in [2.75, 3.05) is 0 Å². The van der Waals surface area contributed by atoms with Gasteiger partial charge in [-0.25, -0.2) is 4.79 Å². The van der Waals surface area contributed by atoms with Crippen molar-refractivity contribution in [3.63, 3.8) is 0 Å². The van der Waals surface area contributed by atoms with Crippen molar-refractivity contribution in [3.05, 3.63) is 32.6 Å². The summed E-state index contributed by atoms with van der Waals surface area (Å²) in [5, 5.41) is 0. The maximum absolute atomic E-state index is 11.0. The number of rotatable bonds is 1. The second-order valence-corrected chi connectivity index (χ2v) is 4.66. The topological polar surface area (TPSA) is 89.0 Å². The Hall–Kier alpha value is -1.08. The SMILES string of the molecule is Cc1cc(=O)n(S(=O)(=O)Cl)c(=O)[nH]1. The van der Waals surface area contributed by atoms with Gasteiger partial charge in [0.15, 0.2) is 0 Å². The first-order chi connectivity index (χ1) is 5.82. The lowest BCUT2D eigenvalue weighted by Gasteiger charge is -1.98. The Morgan fingerprint density at radius 2 is 2.00 bits per heavy atom. The van der Waals surface area contributed by atoms with Gasteiger partial charge in [0, 0.05) is 22.4 Å². The van der Waals surface area contributed by atoms with E-state index >= 15 is 0 Å². The molecule has 0 fully saturated rings. The second-order valence-electron chi connectivity index (χ2n) is 2.30. The minimum Gasteiger partial charge on any atom is -0.310 e. The minimum atomic E-state index is -4.35. The Kier molecular flexibility index (Phi) is 2.31.